The van der Waals surface area contributed by atoms with Gasteiger partial charge in [0.1, 0.15) is 5.75 Å². The minimum atomic E-state index is -3.80. The molecule has 2 rings (SSSR count). The summed E-state index contributed by atoms with van der Waals surface area (Å²) in [4.78, 5) is 12.7. The fourth-order valence-electron chi connectivity index (χ4n) is 3.03. The van der Waals surface area contributed by atoms with E-state index in [1.807, 2.05) is 0 Å². The van der Waals surface area contributed by atoms with Gasteiger partial charge in [-0.25, -0.2) is 21.6 Å². The van der Waals surface area contributed by atoms with Crippen LogP contribution in [-0.4, -0.2) is 52.3 Å². The summed E-state index contributed by atoms with van der Waals surface area (Å²) in [5, 5.41) is 12.6. The first kappa shape index (κ1) is 24.8. The number of carbonyl (C=O) groups is 1. The van der Waals surface area contributed by atoms with Crippen LogP contribution in [-0.2, 0) is 20.0 Å². The molecule has 0 bridgehead atoms. The van der Waals surface area contributed by atoms with Gasteiger partial charge in [-0.1, -0.05) is 13.8 Å². The second-order valence-corrected chi connectivity index (χ2v) is 10.6. The number of phenols is 1. The maximum Gasteiger partial charge on any atom is 0.255 e. The van der Waals surface area contributed by atoms with Gasteiger partial charge in [-0.3, -0.25) is 4.79 Å². The lowest BCUT2D eigenvalue weighted by molar-refractivity contribution is 0.102. The van der Waals surface area contributed by atoms with Crippen molar-refractivity contribution in [1.82, 2.24) is 9.03 Å². The number of nitrogens with zero attached hydrogens (tertiary/aromatic N) is 1. The fourth-order valence-corrected chi connectivity index (χ4v) is 5.58. The van der Waals surface area contributed by atoms with Gasteiger partial charge in [0.25, 0.3) is 5.91 Å². The second kappa shape index (κ2) is 9.35. The highest BCUT2D eigenvalue weighted by atomic mass is 32.2. The van der Waals surface area contributed by atoms with E-state index in [-0.39, 0.29) is 39.9 Å². The first-order valence-electron chi connectivity index (χ1n) is 9.58. The van der Waals surface area contributed by atoms with Crippen molar-refractivity contribution in [3.05, 3.63) is 47.0 Å². The lowest BCUT2D eigenvalue weighted by atomic mass is 10.1. The molecule has 0 radical (unpaired) electrons. The van der Waals surface area contributed by atoms with E-state index >= 15 is 0 Å². The molecule has 0 atom stereocenters. The van der Waals surface area contributed by atoms with Gasteiger partial charge in [0.2, 0.25) is 20.0 Å². The van der Waals surface area contributed by atoms with E-state index < -0.39 is 26.0 Å². The molecular weight excluding hydrogens is 442 g/mol. The van der Waals surface area contributed by atoms with E-state index in [4.69, 9.17) is 0 Å². The molecule has 170 valence electrons. The predicted molar refractivity (Wildman–Crippen MR) is 118 cm³/mol. The number of aromatic hydroxyl groups is 1. The zero-order chi connectivity index (χ0) is 23.6. The minimum Gasteiger partial charge on any atom is -0.506 e. The third-order valence-electron chi connectivity index (χ3n) is 5.00. The topological polar surface area (TPSA) is 133 Å². The van der Waals surface area contributed by atoms with Crippen LogP contribution < -0.4 is 10.0 Å². The Morgan fingerprint density at radius 1 is 1.03 bits per heavy atom. The molecule has 1 amide bonds. The van der Waals surface area contributed by atoms with E-state index in [0.717, 1.165) is 0 Å². The highest BCUT2D eigenvalue weighted by molar-refractivity contribution is 7.89. The molecule has 0 unspecified atom stereocenters. The fraction of sp³-hybridized carbons (Fsp3) is 0.350. The molecule has 11 heteroatoms. The van der Waals surface area contributed by atoms with E-state index in [0.29, 0.717) is 11.1 Å². The summed E-state index contributed by atoms with van der Waals surface area (Å²) in [7, 11) is -6.32. The summed E-state index contributed by atoms with van der Waals surface area (Å²) in [6.45, 7) is 7.27. The van der Waals surface area contributed by atoms with Crippen LogP contribution in [0.25, 0.3) is 0 Å². The van der Waals surface area contributed by atoms with Crippen molar-refractivity contribution in [3.63, 3.8) is 0 Å². The Morgan fingerprint density at radius 2 is 1.65 bits per heavy atom. The van der Waals surface area contributed by atoms with Crippen LogP contribution in [0.3, 0.4) is 0 Å². The molecular formula is C20H27N3O6S2. The molecule has 3 N–H and O–H groups in total. The van der Waals surface area contributed by atoms with Crippen molar-refractivity contribution in [2.24, 2.45) is 0 Å². The number of rotatable bonds is 8. The summed E-state index contributed by atoms with van der Waals surface area (Å²) in [6.07, 6.45) is 0. The molecule has 0 heterocycles. The van der Waals surface area contributed by atoms with Crippen LogP contribution in [0.5, 0.6) is 5.75 Å². The van der Waals surface area contributed by atoms with E-state index in [9.17, 15) is 26.7 Å². The maximum absolute atomic E-state index is 12.8. The molecule has 0 aromatic heterocycles. The summed E-state index contributed by atoms with van der Waals surface area (Å²) >= 11 is 0. The van der Waals surface area contributed by atoms with Gasteiger partial charge in [-0.15, -0.1) is 0 Å². The van der Waals surface area contributed by atoms with Gasteiger partial charge in [0.15, 0.2) is 0 Å². The molecule has 0 fully saturated rings. The Balaban J connectivity index is 2.48. The molecule has 0 spiro atoms. The van der Waals surface area contributed by atoms with E-state index in [1.165, 1.54) is 41.7 Å². The van der Waals surface area contributed by atoms with Gasteiger partial charge < -0.3 is 10.4 Å². The van der Waals surface area contributed by atoms with Crippen LogP contribution in [0.15, 0.2) is 40.1 Å². The SMILES string of the molecule is CCN(CC)S(=O)(=O)c1ccc(O)c(NC(=O)c2cc(C)c(C)c(S(=O)(=O)NC)c2)c1. The number of anilines is 1. The highest BCUT2D eigenvalue weighted by Gasteiger charge is 2.24. The van der Waals surface area contributed by atoms with Crippen LogP contribution in [0.1, 0.15) is 35.3 Å². The molecule has 31 heavy (non-hydrogen) atoms. The second-order valence-electron chi connectivity index (χ2n) is 6.85. The number of sulfonamides is 2. The number of amides is 1. The molecule has 2 aromatic carbocycles. The summed E-state index contributed by atoms with van der Waals surface area (Å²) in [5.74, 6) is -1.01. The molecule has 0 aliphatic carbocycles. The number of hydrogen-bond acceptors (Lipinski definition) is 6. The van der Waals surface area contributed by atoms with Crippen LogP contribution in [0.4, 0.5) is 5.69 Å². The van der Waals surface area contributed by atoms with Crippen LogP contribution in [0.2, 0.25) is 0 Å². The lowest BCUT2D eigenvalue weighted by Crippen LogP contribution is -2.30. The molecule has 0 saturated heterocycles. The summed E-state index contributed by atoms with van der Waals surface area (Å²) < 4.78 is 53.5. The summed E-state index contributed by atoms with van der Waals surface area (Å²) in [5.41, 5.74) is 1.03. The number of aryl methyl sites for hydroxylation is 1. The Labute approximate surface area is 183 Å². The normalized spacial score (nSPS) is 12.2. The first-order valence-corrected chi connectivity index (χ1v) is 12.5. The predicted octanol–water partition coefficient (Wildman–Crippen LogP) is 2.20. The van der Waals surface area contributed by atoms with E-state index in [2.05, 4.69) is 10.0 Å². The molecule has 2 aromatic rings. The molecule has 9 nitrogen and oxygen atoms in total. The van der Waals surface area contributed by atoms with Crippen molar-refractivity contribution >= 4 is 31.6 Å². The smallest absolute Gasteiger partial charge is 0.255 e. The largest absolute Gasteiger partial charge is 0.506 e. The van der Waals surface area contributed by atoms with Gasteiger partial charge in [0, 0.05) is 18.7 Å². The monoisotopic (exact) mass is 469 g/mol. The van der Waals surface area contributed by atoms with Crippen molar-refractivity contribution < 1.29 is 26.7 Å². The van der Waals surface area contributed by atoms with Crippen LogP contribution >= 0.6 is 0 Å². The molecule has 0 saturated carbocycles. The highest BCUT2D eigenvalue weighted by Crippen LogP contribution is 2.29. The van der Waals surface area contributed by atoms with Crippen molar-refractivity contribution in [3.8, 4) is 5.75 Å². The zero-order valence-electron chi connectivity index (χ0n) is 18.1. The lowest BCUT2D eigenvalue weighted by Gasteiger charge is -2.19. The average Bonchev–Trinajstić information content (AvgIpc) is 2.71. The van der Waals surface area contributed by atoms with Crippen molar-refractivity contribution in [1.29, 1.82) is 0 Å². The number of benzene rings is 2. The quantitative estimate of drug-likeness (QED) is 0.508. The minimum absolute atomic E-state index is 0.0396. The molecule has 0 aliphatic heterocycles. The van der Waals surface area contributed by atoms with Gasteiger partial charge >= 0.3 is 0 Å². The number of hydrogen-bond donors (Lipinski definition) is 3. The Hall–Kier alpha value is -2.47. The Morgan fingerprint density at radius 3 is 2.19 bits per heavy atom. The third kappa shape index (κ3) is 5.06. The van der Waals surface area contributed by atoms with Crippen molar-refractivity contribution in [2.45, 2.75) is 37.5 Å². The number of carbonyl (C=O) groups excluding carboxylic acids is 1. The maximum atomic E-state index is 12.8. The van der Waals surface area contributed by atoms with Gasteiger partial charge in [0.05, 0.1) is 15.5 Å². The zero-order valence-corrected chi connectivity index (χ0v) is 19.7. The standard InChI is InChI=1S/C20H27N3O6S2/c1-6-23(7-2)31(28,29)16-8-9-18(24)17(12-16)22-20(25)15-10-13(3)14(4)19(11-15)30(26,27)21-5/h8-12,21,24H,6-7H2,1-5H3,(H,22,25). The first-order chi connectivity index (χ1) is 14.4. The number of nitrogens with one attached hydrogen (secondary N) is 2. The Bertz CT molecular complexity index is 1200. The van der Waals surface area contributed by atoms with Gasteiger partial charge in [-0.2, -0.15) is 4.31 Å². The Kier molecular flexibility index (Phi) is 7.48. The number of phenolic OH excluding ortho intramolecular Hbond substituents is 1. The van der Waals surface area contributed by atoms with E-state index in [1.54, 1.807) is 27.7 Å². The third-order valence-corrected chi connectivity index (χ3v) is 8.59. The molecule has 0 aliphatic rings. The summed E-state index contributed by atoms with van der Waals surface area (Å²) in [6, 6.07) is 6.37. The average molecular weight is 470 g/mol. The van der Waals surface area contributed by atoms with Gasteiger partial charge in [-0.05, 0) is 62.4 Å². The van der Waals surface area contributed by atoms with Crippen molar-refractivity contribution in [2.75, 3.05) is 25.5 Å². The van der Waals surface area contributed by atoms with Crippen LogP contribution in [0, 0.1) is 13.8 Å².